The lowest BCUT2D eigenvalue weighted by atomic mass is 10.1. The molecule has 0 bridgehead atoms. The van der Waals surface area contributed by atoms with E-state index in [4.69, 9.17) is 4.74 Å². The highest BCUT2D eigenvalue weighted by Gasteiger charge is 2.21. The molecule has 3 rings (SSSR count). The van der Waals surface area contributed by atoms with E-state index in [1.807, 2.05) is 13.0 Å². The summed E-state index contributed by atoms with van der Waals surface area (Å²) in [5, 5.41) is 4.67. The summed E-state index contributed by atoms with van der Waals surface area (Å²) in [5.41, 5.74) is 3.29. The molecule has 2 aromatic rings. The molecule has 2 N–H and O–H groups in total. The van der Waals surface area contributed by atoms with Crippen molar-refractivity contribution in [3.63, 3.8) is 0 Å². The minimum absolute atomic E-state index is 0.194. The van der Waals surface area contributed by atoms with Crippen LogP contribution in [0, 0.1) is 12.7 Å². The zero-order chi connectivity index (χ0) is 14.1. The van der Waals surface area contributed by atoms with Gasteiger partial charge in [0.1, 0.15) is 5.82 Å². The highest BCUT2D eigenvalue weighted by atomic mass is 19.1. The van der Waals surface area contributed by atoms with Gasteiger partial charge in [-0.15, -0.1) is 0 Å². The number of aryl methyl sites for hydroxylation is 1. The molecule has 0 amide bonds. The van der Waals surface area contributed by atoms with E-state index < -0.39 is 0 Å². The van der Waals surface area contributed by atoms with Gasteiger partial charge in [0.2, 0.25) is 0 Å². The maximum absolute atomic E-state index is 13.2. The summed E-state index contributed by atoms with van der Waals surface area (Å²) in [4.78, 5) is 3.26. The fourth-order valence-corrected chi connectivity index (χ4v) is 3.05. The molecule has 2 unspecified atom stereocenters. The van der Waals surface area contributed by atoms with Crippen molar-refractivity contribution in [2.45, 2.75) is 38.8 Å². The second kappa shape index (κ2) is 5.54. The van der Waals surface area contributed by atoms with Gasteiger partial charge in [-0.3, -0.25) is 0 Å². The Bertz CT molecular complexity index is 608. The second-order valence-electron chi connectivity index (χ2n) is 5.70. The van der Waals surface area contributed by atoms with Crippen molar-refractivity contribution < 1.29 is 9.13 Å². The van der Waals surface area contributed by atoms with Crippen molar-refractivity contribution in [1.82, 2.24) is 10.3 Å². The predicted molar refractivity (Wildman–Crippen MR) is 78.5 cm³/mol. The molecule has 1 fully saturated rings. The van der Waals surface area contributed by atoms with E-state index in [1.165, 1.54) is 11.6 Å². The third kappa shape index (κ3) is 2.72. The first-order chi connectivity index (χ1) is 9.63. The van der Waals surface area contributed by atoms with Crippen LogP contribution in [-0.2, 0) is 11.2 Å². The summed E-state index contributed by atoms with van der Waals surface area (Å²) in [6, 6.07) is 5.42. The van der Waals surface area contributed by atoms with Gasteiger partial charge in [-0.25, -0.2) is 4.39 Å². The molecule has 1 aliphatic heterocycles. The molecule has 20 heavy (non-hydrogen) atoms. The van der Waals surface area contributed by atoms with E-state index in [-0.39, 0.29) is 5.82 Å². The monoisotopic (exact) mass is 276 g/mol. The Kier molecular flexibility index (Phi) is 3.76. The van der Waals surface area contributed by atoms with Crippen LogP contribution in [0.15, 0.2) is 18.2 Å². The van der Waals surface area contributed by atoms with Crippen molar-refractivity contribution in [1.29, 1.82) is 0 Å². The van der Waals surface area contributed by atoms with Crippen LogP contribution in [-0.4, -0.2) is 30.3 Å². The van der Waals surface area contributed by atoms with Gasteiger partial charge in [0.05, 0.1) is 12.7 Å². The third-order valence-corrected chi connectivity index (χ3v) is 4.09. The van der Waals surface area contributed by atoms with Gasteiger partial charge in [0.25, 0.3) is 0 Å². The van der Waals surface area contributed by atoms with Crippen LogP contribution in [0.25, 0.3) is 10.9 Å². The fourth-order valence-electron chi connectivity index (χ4n) is 3.05. The molecule has 2 atom stereocenters. The lowest BCUT2D eigenvalue weighted by molar-refractivity contribution is 0.122. The summed E-state index contributed by atoms with van der Waals surface area (Å²) in [6.07, 6.45) is 2.39. The Balaban J connectivity index is 1.66. The zero-order valence-electron chi connectivity index (χ0n) is 12.0. The maximum Gasteiger partial charge on any atom is 0.125 e. The Morgan fingerprint density at radius 1 is 1.45 bits per heavy atom. The Labute approximate surface area is 118 Å². The second-order valence-corrected chi connectivity index (χ2v) is 5.70. The highest BCUT2D eigenvalue weighted by Crippen LogP contribution is 2.23. The first kappa shape index (κ1) is 13.6. The molecule has 1 aromatic carbocycles. The van der Waals surface area contributed by atoms with Crippen LogP contribution in [0.2, 0.25) is 0 Å². The van der Waals surface area contributed by atoms with Crippen molar-refractivity contribution in [2.75, 3.05) is 13.2 Å². The maximum atomic E-state index is 13.2. The fraction of sp³-hybridized carbons (Fsp3) is 0.500. The van der Waals surface area contributed by atoms with Crippen LogP contribution in [0.4, 0.5) is 4.39 Å². The minimum atomic E-state index is -0.194. The first-order valence-corrected chi connectivity index (χ1v) is 7.25. The molecule has 1 aliphatic rings. The van der Waals surface area contributed by atoms with E-state index in [2.05, 4.69) is 17.2 Å². The molecule has 1 saturated heterocycles. The molecule has 1 aromatic heterocycles. The molecule has 3 nitrogen and oxygen atoms in total. The number of aromatic nitrogens is 1. The number of hydrogen-bond acceptors (Lipinski definition) is 2. The topological polar surface area (TPSA) is 37.0 Å². The van der Waals surface area contributed by atoms with Crippen LogP contribution >= 0.6 is 0 Å². The van der Waals surface area contributed by atoms with Crippen LogP contribution in [0.1, 0.15) is 24.6 Å². The van der Waals surface area contributed by atoms with Gasteiger partial charge in [-0.05, 0) is 57.0 Å². The molecule has 0 saturated carbocycles. The first-order valence-electron chi connectivity index (χ1n) is 7.25. The number of H-pyrrole nitrogens is 1. The summed E-state index contributed by atoms with van der Waals surface area (Å²) < 4.78 is 18.8. The predicted octanol–water partition coefficient (Wildman–Crippen LogP) is 2.92. The Morgan fingerprint density at radius 3 is 3.05 bits per heavy atom. The SMILES string of the molecule is Cc1[nH]c2cc(F)ccc2c1CCNC1COC(C)C1. The molecule has 0 aliphatic carbocycles. The van der Waals surface area contributed by atoms with Crippen molar-refractivity contribution in [3.05, 3.63) is 35.3 Å². The molecular formula is C16H21FN2O. The minimum Gasteiger partial charge on any atom is -0.377 e. The average Bonchev–Trinajstić information content (AvgIpc) is 2.94. The van der Waals surface area contributed by atoms with Crippen LogP contribution in [0.5, 0.6) is 0 Å². The zero-order valence-corrected chi connectivity index (χ0v) is 12.0. The highest BCUT2D eigenvalue weighted by molar-refractivity contribution is 5.84. The Hall–Kier alpha value is -1.39. The van der Waals surface area contributed by atoms with Crippen molar-refractivity contribution in [2.24, 2.45) is 0 Å². The normalized spacial score (nSPS) is 22.8. The number of halogens is 1. The number of aromatic amines is 1. The summed E-state index contributed by atoms with van der Waals surface area (Å²) >= 11 is 0. The lowest BCUT2D eigenvalue weighted by Crippen LogP contribution is -2.31. The lowest BCUT2D eigenvalue weighted by Gasteiger charge is -2.10. The summed E-state index contributed by atoms with van der Waals surface area (Å²) in [7, 11) is 0. The van der Waals surface area contributed by atoms with Gasteiger partial charge in [0, 0.05) is 22.6 Å². The summed E-state index contributed by atoms with van der Waals surface area (Å²) in [5.74, 6) is -0.194. The quantitative estimate of drug-likeness (QED) is 0.901. The molecular weight excluding hydrogens is 255 g/mol. The average molecular weight is 276 g/mol. The van der Waals surface area contributed by atoms with Gasteiger partial charge in [-0.1, -0.05) is 0 Å². The molecule has 108 valence electrons. The smallest absolute Gasteiger partial charge is 0.125 e. The van der Waals surface area contributed by atoms with E-state index >= 15 is 0 Å². The van der Waals surface area contributed by atoms with Crippen molar-refractivity contribution in [3.8, 4) is 0 Å². The number of fused-ring (bicyclic) bond motifs is 1. The largest absolute Gasteiger partial charge is 0.377 e. The van der Waals surface area contributed by atoms with E-state index in [0.717, 1.165) is 42.6 Å². The van der Waals surface area contributed by atoms with Gasteiger partial charge < -0.3 is 15.0 Å². The molecule has 2 heterocycles. The number of rotatable bonds is 4. The van der Waals surface area contributed by atoms with Crippen molar-refractivity contribution >= 4 is 10.9 Å². The number of ether oxygens (including phenoxy) is 1. The van der Waals surface area contributed by atoms with E-state index in [0.29, 0.717) is 12.1 Å². The number of benzene rings is 1. The third-order valence-electron chi connectivity index (χ3n) is 4.09. The molecule has 4 heteroatoms. The van der Waals surface area contributed by atoms with Gasteiger partial charge in [-0.2, -0.15) is 0 Å². The number of nitrogens with one attached hydrogen (secondary N) is 2. The molecule has 0 spiro atoms. The Morgan fingerprint density at radius 2 is 2.30 bits per heavy atom. The van der Waals surface area contributed by atoms with Gasteiger partial charge in [0.15, 0.2) is 0 Å². The van der Waals surface area contributed by atoms with Crippen LogP contribution < -0.4 is 5.32 Å². The van der Waals surface area contributed by atoms with Crippen LogP contribution in [0.3, 0.4) is 0 Å². The number of hydrogen-bond donors (Lipinski definition) is 2. The van der Waals surface area contributed by atoms with E-state index in [9.17, 15) is 4.39 Å². The summed E-state index contributed by atoms with van der Waals surface area (Å²) in [6.45, 7) is 5.89. The standard InChI is InChI=1S/C16H21FN2O/c1-10-7-13(9-20-10)18-6-5-14-11(2)19-16-8-12(17)3-4-15(14)16/h3-4,8,10,13,18-19H,5-7,9H2,1-2H3. The van der Waals surface area contributed by atoms with Gasteiger partial charge >= 0.3 is 0 Å². The van der Waals surface area contributed by atoms with E-state index in [1.54, 1.807) is 6.07 Å². The molecule has 0 radical (unpaired) electrons.